The number of thioether (sulfide) groups is 1. The molecular formula is C22H25N3O2S. The molecule has 0 radical (unpaired) electrons. The van der Waals surface area contributed by atoms with Gasteiger partial charge in [-0.05, 0) is 30.5 Å². The summed E-state index contributed by atoms with van der Waals surface area (Å²) in [6.07, 6.45) is 0. The molecule has 0 fully saturated rings. The molecule has 146 valence electrons. The number of fused-ring (bicyclic) bond motifs is 1. The molecule has 0 aliphatic rings. The molecule has 1 amide bonds. The van der Waals surface area contributed by atoms with Gasteiger partial charge in [-0.1, -0.05) is 67.6 Å². The first-order valence-electron chi connectivity index (χ1n) is 9.38. The highest BCUT2D eigenvalue weighted by molar-refractivity contribution is 7.99. The van der Waals surface area contributed by atoms with E-state index in [2.05, 4.69) is 24.1 Å². The Morgan fingerprint density at radius 2 is 1.86 bits per heavy atom. The number of aromatic nitrogens is 2. The van der Waals surface area contributed by atoms with Crippen molar-refractivity contribution in [2.24, 2.45) is 5.92 Å². The van der Waals surface area contributed by atoms with Crippen molar-refractivity contribution in [1.82, 2.24) is 14.9 Å². The van der Waals surface area contributed by atoms with E-state index in [1.54, 1.807) is 10.6 Å². The highest BCUT2D eigenvalue weighted by Gasteiger charge is 2.14. The number of hydrogen-bond donors (Lipinski definition) is 1. The molecule has 0 aliphatic heterocycles. The Balaban J connectivity index is 1.91. The lowest BCUT2D eigenvalue weighted by Crippen LogP contribution is -2.29. The van der Waals surface area contributed by atoms with E-state index in [1.165, 1.54) is 17.3 Å². The molecule has 0 saturated carbocycles. The molecule has 6 heteroatoms. The summed E-state index contributed by atoms with van der Waals surface area (Å²) in [7, 11) is 0. The van der Waals surface area contributed by atoms with Gasteiger partial charge in [0.25, 0.3) is 5.56 Å². The number of hydrogen-bond acceptors (Lipinski definition) is 4. The van der Waals surface area contributed by atoms with Gasteiger partial charge in [0.05, 0.1) is 23.2 Å². The molecule has 1 N–H and O–H groups in total. The molecule has 0 atom stereocenters. The third-order valence-corrected chi connectivity index (χ3v) is 5.30. The molecule has 0 spiro atoms. The number of aryl methyl sites for hydroxylation is 1. The topological polar surface area (TPSA) is 64.0 Å². The first-order valence-corrected chi connectivity index (χ1v) is 10.4. The van der Waals surface area contributed by atoms with Crippen molar-refractivity contribution in [3.63, 3.8) is 0 Å². The summed E-state index contributed by atoms with van der Waals surface area (Å²) in [5.41, 5.74) is 2.76. The first kappa shape index (κ1) is 20.1. The minimum absolute atomic E-state index is 0.0528. The van der Waals surface area contributed by atoms with Crippen LogP contribution in [-0.4, -0.2) is 27.8 Å². The highest BCUT2D eigenvalue weighted by Crippen LogP contribution is 2.19. The summed E-state index contributed by atoms with van der Waals surface area (Å²) in [6, 6.07) is 15.4. The number of para-hydroxylation sites is 1. The van der Waals surface area contributed by atoms with Crippen molar-refractivity contribution >= 4 is 28.6 Å². The van der Waals surface area contributed by atoms with Crippen LogP contribution in [0.3, 0.4) is 0 Å². The minimum Gasteiger partial charge on any atom is -0.355 e. The van der Waals surface area contributed by atoms with Crippen LogP contribution in [0.1, 0.15) is 25.0 Å². The fourth-order valence-electron chi connectivity index (χ4n) is 2.77. The average Bonchev–Trinajstić information content (AvgIpc) is 2.68. The van der Waals surface area contributed by atoms with Crippen molar-refractivity contribution in [3.05, 3.63) is 70.0 Å². The maximum absolute atomic E-state index is 13.1. The van der Waals surface area contributed by atoms with Gasteiger partial charge in [-0.15, -0.1) is 0 Å². The van der Waals surface area contributed by atoms with Gasteiger partial charge in [0.1, 0.15) is 0 Å². The third-order valence-electron chi connectivity index (χ3n) is 4.33. The van der Waals surface area contributed by atoms with Crippen LogP contribution < -0.4 is 10.9 Å². The predicted octanol–water partition coefficient (Wildman–Crippen LogP) is 3.62. The van der Waals surface area contributed by atoms with Crippen LogP contribution in [0.15, 0.2) is 58.5 Å². The lowest BCUT2D eigenvalue weighted by atomic mass is 10.1. The number of carbonyl (C=O) groups excluding carboxylic acids is 1. The lowest BCUT2D eigenvalue weighted by molar-refractivity contribution is -0.118. The van der Waals surface area contributed by atoms with Crippen LogP contribution >= 0.6 is 11.8 Å². The second kappa shape index (κ2) is 9.06. The lowest BCUT2D eigenvalue weighted by Gasteiger charge is -2.14. The van der Waals surface area contributed by atoms with E-state index >= 15 is 0 Å². The predicted molar refractivity (Wildman–Crippen MR) is 115 cm³/mol. The number of benzene rings is 2. The second-order valence-electron chi connectivity index (χ2n) is 7.28. The largest absolute Gasteiger partial charge is 0.355 e. The summed E-state index contributed by atoms with van der Waals surface area (Å²) in [6.45, 7) is 7.20. The van der Waals surface area contributed by atoms with Crippen molar-refractivity contribution in [2.45, 2.75) is 32.5 Å². The van der Waals surface area contributed by atoms with Crippen LogP contribution in [0.2, 0.25) is 0 Å². The minimum atomic E-state index is -0.0868. The first-order chi connectivity index (χ1) is 13.4. The summed E-state index contributed by atoms with van der Waals surface area (Å²) in [5, 5.41) is 4.05. The van der Waals surface area contributed by atoms with Crippen molar-refractivity contribution in [1.29, 1.82) is 0 Å². The monoisotopic (exact) mass is 395 g/mol. The van der Waals surface area contributed by atoms with Crippen LogP contribution in [0, 0.1) is 12.8 Å². The van der Waals surface area contributed by atoms with E-state index in [4.69, 9.17) is 0 Å². The van der Waals surface area contributed by atoms with Gasteiger partial charge in [-0.25, -0.2) is 4.98 Å². The zero-order valence-electron chi connectivity index (χ0n) is 16.4. The molecule has 0 bridgehead atoms. The third kappa shape index (κ3) is 5.01. The van der Waals surface area contributed by atoms with Gasteiger partial charge in [0.15, 0.2) is 5.16 Å². The van der Waals surface area contributed by atoms with Gasteiger partial charge < -0.3 is 5.32 Å². The van der Waals surface area contributed by atoms with Gasteiger partial charge in [0, 0.05) is 6.54 Å². The van der Waals surface area contributed by atoms with Crippen LogP contribution in [0.4, 0.5) is 0 Å². The second-order valence-corrected chi connectivity index (χ2v) is 8.22. The van der Waals surface area contributed by atoms with Crippen molar-refractivity contribution in [3.8, 4) is 0 Å². The molecule has 28 heavy (non-hydrogen) atoms. The van der Waals surface area contributed by atoms with Gasteiger partial charge in [0.2, 0.25) is 5.91 Å². The summed E-state index contributed by atoms with van der Waals surface area (Å²) in [5.74, 6) is 0.571. The van der Waals surface area contributed by atoms with E-state index in [0.717, 1.165) is 5.56 Å². The SMILES string of the molecule is Cc1ccc(Cn2c(SCC(=O)NCC(C)C)nc3ccccc3c2=O)cc1. The van der Waals surface area contributed by atoms with E-state index in [0.29, 0.717) is 35.1 Å². The Bertz CT molecular complexity index is 1030. The maximum Gasteiger partial charge on any atom is 0.262 e. The van der Waals surface area contributed by atoms with Gasteiger partial charge >= 0.3 is 0 Å². The number of nitrogens with one attached hydrogen (secondary N) is 1. The molecule has 3 rings (SSSR count). The molecule has 0 aliphatic carbocycles. The quantitative estimate of drug-likeness (QED) is 0.490. The van der Waals surface area contributed by atoms with E-state index < -0.39 is 0 Å². The van der Waals surface area contributed by atoms with Crippen LogP contribution in [0.25, 0.3) is 10.9 Å². The Morgan fingerprint density at radius 3 is 2.57 bits per heavy atom. The smallest absolute Gasteiger partial charge is 0.262 e. The van der Waals surface area contributed by atoms with E-state index in [9.17, 15) is 9.59 Å². The summed E-state index contributed by atoms with van der Waals surface area (Å²) in [4.78, 5) is 29.9. The summed E-state index contributed by atoms with van der Waals surface area (Å²) >= 11 is 1.30. The molecule has 0 saturated heterocycles. The molecule has 1 aromatic heterocycles. The zero-order valence-corrected chi connectivity index (χ0v) is 17.3. The molecule has 0 unspecified atom stereocenters. The van der Waals surface area contributed by atoms with E-state index in [-0.39, 0.29) is 17.2 Å². The van der Waals surface area contributed by atoms with Crippen LogP contribution in [0.5, 0.6) is 0 Å². The normalized spacial score (nSPS) is 11.1. The molecule has 2 aromatic carbocycles. The fraction of sp³-hybridized carbons (Fsp3) is 0.318. The summed E-state index contributed by atoms with van der Waals surface area (Å²) < 4.78 is 1.66. The number of amides is 1. The average molecular weight is 396 g/mol. The standard InChI is InChI=1S/C22H25N3O2S/c1-15(2)12-23-20(26)14-28-22-24-19-7-5-4-6-18(19)21(27)25(22)13-17-10-8-16(3)9-11-17/h4-11,15H,12-14H2,1-3H3,(H,23,26). The number of rotatable bonds is 7. The Hall–Kier alpha value is -2.60. The fourth-order valence-corrected chi connectivity index (χ4v) is 3.60. The number of carbonyl (C=O) groups is 1. The Labute approximate surface area is 169 Å². The van der Waals surface area contributed by atoms with Crippen molar-refractivity contribution in [2.75, 3.05) is 12.3 Å². The zero-order chi connectivity index (χ0) is 20.1. The van der Waals surface area contributed by atoms with Gasteiger partial charge in [-0.3, -0.25) is 14.2 Å². The molecule has 3 aromatic rings. The Kier molecular flexibility index (Phi) is 6.52. The molecule has 1 heterocycles. The molecule has 5 nitrogen and oxygen atoms in total. The van der Waals surface area contributed by atoms with Crippen LogP contribution in [-0.2, 0) is 11.3 Å². The molecular weight excluding hydrogens is 370 g/mol. The van der Waals surface area contributed by atoms with Gasteiger partial charge in [-0.2, -0.15) is 0 Å². The maximum atomic E-state index is 13.1. The Morgan fingerprint density at radius 1 is 1.14 bits per heavy atom. The van der Waals surface area contributed by atoms with E-state index in [1.807, 2.05) is 49.4 Å². The number of nitrogens with zero attached hydrogens (tertiary/aromatic N) is 2. The highest BCUT2D eigenvalue weighted by atomic mass is 32.2. The van der Waals surface area contributed by atoms with Crippen molar-refractivity contribution < 1.29 is 4.79 Å².